The molecule has 2 atom stereocenters. The first kappa shape index (κ1) is 32.5. The molecule has 0 bridgehead atoms. The third-order valence-electron chi connectivity index (χ3n) is 9.17. The fourth-order valence-electron chi connectivity index (χ4n) is 6.58. The van der Waals surface area contributed by atoms with Crippen molar-refractivity contribution in [3.05, 3.63) is 107 Å². The summed E-state index contributed by atoms with van der Waals surface area (Å²) in [6.45, 7) is 13.1. The van der Waals surface area contributed by atoms with Crippen molar-refractivity contribution in [2.45, 2.75) is 83.5 Å². The molecule has 5 aromatic rings. The molecule has 0 saturated heterocycles. The summed E-state index contributed by atoms with van der Waals surface area (Å²) in [7, 11) is -3.84. The van der Waals surface area contributed by atoms with Crippen molar-refractivity contribution in [3.8, 4) is 5.75 Å². The van der Waals surface area contributed by atoms with Gasteiger partial charge in [0.15, 0.2) is 5.76 Å². The van der Waals surface area contributed by atoms with Gasteiger partial charge in [-0.2, -0.15) is 4.31 Å². The number of carbonyl (C=O) groups is 1. The van der Waals surface area contributed by atoms with E-state index in [1.807, 2.05) is 58.4 Å². The molecule has 3 heterocycles. The van der Waals surface area contributed by atoms with Crippen molar-refractivity contribution in [2.24, 2.45) is 0 Å². The zero-order valence-corrected chi connectivity index (χ0v) is 28.5. The first-order valence-electron chi connectivity index (χ1n) is 16.0. The van der Waals surface area contributed by atoms with Crippen LogP contribution in [0.5, 0.6) is 5.75 Å². The largest absolute Gasteiger partial charge is 0.488 e. The van der Waals surface area contributed by atoms with E-state index in [4.69, 9.17) is 9.15 Å². The fourth-order valence-corrected chi connectivity index (χ4v) is 8.15. The van der Waals surface area contributed by atoms with E-state index < -0.39 is 15.6 Å². The average molecular weight is 656 g/mol. The Kier molecular flexibility index (Phi) is 8.71. The van der Waals surface area contributed by atoms with E-state index in [0.29, 0.717) is 18.7 Å². The van der Waals surface area contributed by atoms with Crippen LogP contribution in [0, 0.1) is 13.8 Å². The van der Waals surface area contributed by atoms with E-state index in [1.54, 1.807) is 36.4 Å². The van der Waals surface area contributed by atoms with Gasteiger partial charge in [0.25, 0.3) is 5.91 Å². The average Bonchev–Trinajstić information content (AvgIpc) is 3.72. The van der Waals surface area contributed by atoms with Gasteiger partial charge in [0, 0.05) is 24.5 Å². The van der Waals surface area contributed by atoms with Gasteiger partial charge < -0.3 is 14.5 Å². The van der Waals surface area contributed by atoms with Crippen LogP contribution in [-0.2, 0) is 23.1 Å². The number of rotatable bonds is 9. The number of hydrogen-bond acceptors (Lipinski definition) is 7. The molecule has 1 N–H and O–H groups in total. The topological polar surface area (TPSA) is 120 Å². The highest BCUT2D eigenvalue weighted by molar-refractivity contribution is 7.89. The number of aryl methyl sites for hydroxylation is 3. The molecule has 0 aliphatic carbocycles. The molecule has 3 aromatic carbocycles. The molecule has 47 heavy (non-hydrogen) atoms. The second kappa shape index (κ2) is 12.6. The molecule has 1 aliphatic heterocycles. The standard InChI is InChI=1S/C36H41N5O5S/c1-7-27-22-40(47(43,44)32-14-10-9-12-30(32)46-27)21-26-20-25(16-15-23(26)3)33(36(5,6)37-35(42)31-13-11-19-45-31)28-17-18-29-34(24(28)4)38-39-41(29)8-2/h9-20,27,33H,7-8,21-22H2,1-6H3,(H,37,42)/t27-,33?/m1/s1. The van der Waals surface area contributed by atoms with Gasteiger partial charge >= 0.3 is 0 Å². The minimum absolute atomic E-state index is 0.172. The molecule has 0 radical (unpaired) electrons. The van der Waals surface area contributed by atoms with Crippen LogP contribution in [0.1, 0.15) is 78.4 Å². The first-order valence-corrected chi connectivity index (χ1v) is 17.4. The van der Waals surface area contributed by atoms with Crippen molar-refractivity contribution < 1.29 is 22.4 Å². The van der Waals surface area contributed by atoms with Crippen molar-refractivity contribution >= 4 is 27.0 Å². The van der Waals surface area contributed by atoms with Gasteiger partial charge in [-0.15, -0.1) is 5.10 Å². The van der Waals surface area contributed by atoms with Gasteiger partial charge in [-0.05, 0) is 99.2 Å². The van der Waals surface area contributed by atoms with Crippen LogP contribution in [0.3, 0.4) is 0 Å². The molecule has 246 valence electrons. The SMILES string of the molecule is CC[C@@H]1CN(Cc2cc(C(c3ccc4c(nnn4CC)c3C)C(C)(C)NC(=O)c3ccco3)ccc2C)S(=O)(=O)c2ccccc2O1. The Hall–Kier alpha value is -4.48. The predicted octanol–water partition coefficient (Wildman–Crippen LogP) is 6.36. The zero-order chi connectivity index (χ0) is 33.5. The predicted molar refractivity (Wildman–Crippen MR) is 180 cm³/mol. The smallest absolute Gasteiger partial charge is 0.287 e. The van der Waals surface area contributed by atoms with E-state index in [0.717, 1.165) is 38.9 Å². The number of nitrogens with one attached hydrogen (secondary N) is 1. The number of benzene rings is 3. The van der Waals surface area contributed by atoms with E-state index in [1.165, 1.54) is 10.6 Å². The Morgan fingerprint density at radius 1 is 1.06 bits per heavy atom. The highest BCUT2D eigenvalue weighted by atomic mass is 32.2. The Balaban J connectivity index is 1.45. The molecule has 1 unspecified atom stereocenters. The first-order chi connectivity index (χ1) is 22.4. The third kappa shape index (κ3) is 6.05. The van der Waals surface area contributed by atoms with Crippen molar-refractivity contribution in [1.82, 2.24) is 24.6 Å². The molecule has 0 spiro atoms. The molecule has 1 amide bonds. The summed E-state index contributed by atoms with van der Waals surface area (Å²) < 4.78 is 43.0. The number of ether oxygens (including phenoxy) is 1. The summed E-state index contributed by atoms with van der Waals surface area (Å²) in [5.41, 5.74) is 5.63. The minimum atomic E-state index is -3.84. The zero-order valence-electron chi connectivity index (χ0n) is 27.6. The molecular weight excluding hydrogens is 614 g/mol. The van der Waals surface area contributed by atoms with Crippen LogP contribution >= 0.6 is 0 Å². The lowest BCUT2D eigenvalue weighted by molar-refractivity contribution is 0.0877. The summed E-state index contributed by atoms with van der Waals surface area (Å²) in [5, 5.41) is 12.1. The minimum Gasteiger partial charge on any atom is -0.488 e. The Morgan fingerprint density at radius 3 is 2.57 bits per heavy atom. The molecular formula is C36H41N5O5S. The molecule has 0 fully saturated rings. The van der Waals surface area contributed by atoms with Crippen LogP contribution in [0.2, 0.25) is 0 Å². The van der Waals surface area contributed by atoms with Gasteiger partial charge in [0.2, 0.25) is 10.0 Å². The lowest BCUT2D eigenvalue weighted by Crippen LogP contribution is -2.48. The van der Waals surface area contributed by atoms with Crippen molar-refractivity contribution in [1.29, 1.82) is 0 Å². The number of nitrogens with zero attached hydrogens (tertiary/aromatic N) is 4. The maximum absolute atomic E-state index is 14.0. The number of furan rings is 1. The summed E-state index contributed by atoms with van der Waals surface area (Å²) in [5.74, 6) is -0.0656. The van der Waals surface area contributed by atoms with E-state index in [2.05, 4.69) is 33.8 Å². The molecule has 1 aliphatic rings. The Labute approximate surface area is 275 Å². The van der Waals surface area contributed by atoms with Gasteiger partial charge in [-0.3, -0.25) is 4.79 Å². The maximum atomic E-state index is 14.0. The quantitative estimate of drug-likeness (QED) is 0.196. The summed E-state index contributed by atoms with van der Waals surface area (Å²) in [6, 6.07) is 20.4. The van der Waals surface area contributed by atoms with E-state index >= 15 is 0 Å². The normalized spacial score (nSPS) is 17.1. The number of hydrogen-bond donors (Lipinski definition) is 1. The van der Waals surface area contributed by atoms with Gasteiger partial charge in [-0.25, -0.2) is 13.1 Å². The summed E-state index contributed by atoms with van der Waals surface area (Å²) in [6.07, 6.45) is 1.85. The number of carbonyl (C=O) groups excluding carboxylic acids is 1. The van der Waals surface area contributed by atoms with Gasteiger partial charge in [0.05, 0.1) is 18.3 Å². The molecule has 11 heteroatoms. The summed E-state index contributed by atoms with van der Waals surface area (Å²) >= 11 is 0. The van der Waals surface area contributed by atoms with Gasteiger partial charge in [0.1, 0.15) is 22.3 Å². The number of sulfonamides is 1. The Morgan fingerprint density at radius 2 is 1.85 bits per heavy atom. The number of fused-ring (bicyclic) bond motifs is 2. The van der Waals surface area contributed by atoms with Gasteiger partial charge in [-0.1, -0.05) is 48.5 Å². The number of aromatic nitrogens is 3. The molecule has 10 nitrogen and oxygen atoms in total. The third-order valence-corrected chi connectivity index (χ3v) is 11.0. The lowest BCUT2D eigenvalue weighted by Gasteiger charge is -2.37. The fraction of sp³-hybridized carbons (Fsp3) is 0.361. The second-order valence-corrected chi connectivity index (χ2v) is 14.6. The van der Waals surface area contributed by atoms with Crippen molar-refractivity contribution in [2.75, 3.05) is 6.54 Å². The summed E-state index contributed by atoms with van der Waals surface area (Å²) in [4.78, 5) is 13.5. The molecule has 2 aromatic heterocycles. The van der Waals surface area contributed by atoms with E-state index in [9.17, 15) is 13.2 Å². The van der Waals surface area contributed by atoms with Crippen molar-refractivity contribution in [3.63, 3.8) is 0 Å². The van der Waals surface area contributed by atoms with E-state index in [-0.39, 0.29) is 41.7 Å². The Bertz CT molecular complexity index is 2030. The van der Waals surface area contributed by atoms with Crippen LogP contribution in [0.15, 0.2) is 82.3 Å². The van der Waals surface area contributed by atoms with Crippen LogP contribution < -0.4 is 10.1 Å². The van der Waals surface area contributed by atoms with Crippen LogP contribution in [0.25, 0.3) is 11.0 Å². The number of amides is 1. The second-order valence-electron chi connectivity index (χ2n) is 12.7. The lowest BCUT2D eigenvalue weighted by atomic mass is 9.74. The van der Waals surface area contributed by atoms with Crippen LogP contribution in [0.4, 0.5) is 0 Å². The molecule has 0 saturated carbocycles. The maximum Gasteiger partial charge on any atom is 0.287 e. The number of para-hydroxylation sites is 1. The highest BCUT2D eigenvalue weighted by Gasteiger charge is 2.38. The van der Waals surface area contributed by atoms with Crippen LogP contribution in [-0.4, -0.2) is 51.8 Å². The highest BCUT2D eigenvalue weighted by Crippen LogP contribution is 2.40. The monoisotopic (exact) mass is 655 g/mol. The molecule has 6 rings (SSSR count).